The van der Waals surface area contributed by atoms with Gasteiger partial charge in [0.25, 0.3) is 0 Å². The van der Waals surface area contributed by atoms with Crippen molar-refractivity contribution in [2.24, 2.45) is 17.8 Å². The van der Waals surface area contributed by atoms with Crippen LogP contribution in [0.4, 0.5) is 5.69 Å². The third kappa shape index (κ3) is 4.90. The normalized spacial score (nSPS) is 21.1. The van der Waals surface area contributed by atoms with Crippen LogP contribution in [-0.2, 0) is 23.9 Å². The predicted octanol–water partition coefficient (Wildman–Crippen LogP) is 2.35. The number of carbonyl (C=O) groups is 5. The Morgan fingerprint density at radius 1 is 1.00 bits per heavy atom. The first-order chi connectivity index (χ1) is 14.7. The van der Waals surface area contributed by atoms with Gasteiger partial charge in [0.05, 0.1) is 11.8 Å². The van der Waals surface area contributed by atoms with E-state index in [-0.39, 0.29) is 23.6 Å². The fraction of sp³-hybridized carbons (Fsp3) is 0.435. The van der Waals surface area contributed by atoms with Crippen LogP contribution in [0.15, 0.2) is 36.4 Å². The molecule has 8 nitrogen and oxygen atoms in total. The van der Waals surface area contributed by atoms with Crippen molar-refractivity contribution in [2.45, 2.75) is 39.7 Å². The number of imide groups is 1. The summed E-state index contributed by atoms with van der Waals surface area (Å²) in [6.07, 6.45) is 3.63. The van der Waals surface area contributed by atoms with E-state index in [1.807, 2.05) is 12.2 Å². The second-order valence-electron chi connectivity index (χ2n) is 8.14. The highest BCUT2D eigenvalue weighted by Gasteiger charge is 2.47. The van der Waals surface area contributed by atoms with Gasteiger partial charge in [0, 0.05) is 17.2 Å². The van der Waals surface area contributed by atoms with Gasteiger partial charge in [0.1, 0.15) is 6.54 Å². The third-order valence-corrected chi connectivity index (χ3v) is 5.52. The average molecular weight is 426 g/mol. The van der Waals surface area contributed by atoms with Crippen LogP contribution in [-0.4, -0.2) is 47.0 Å². The molecule has 3 unspecified atom stereocenters. The van der Waals surface area contributed by atoms with Crippen LogP contribution >= 0.6 is 0 Å². The number of hydrogen-bond acceptors (Lipinski definition) is 6. The molecule has 0 spiro atoms. The number of nitrogens with zero attached hydrogens (tertiary/aromatic N) is 1. The molecule has 164 valence electrons. The van der Waals surface area contributed by atoms with Crippen molar-refractivity contribution in [1.82, 2.24) is 4.90 Å². The molecule has 0 radical (unpaired) electrons. The Labute approximate surface area is 180 Å². The van der Waals surface area contributed by atoms with Crippen molar-refractivity contribution in [3.63, 3.8) is 0 Å². The van der Waals surface area contributed by atoms with Crippen molar-refractivity contribution in [3.05, 3.63) is 42.0 Å². The average Bonchev–Trinajstić information content (AvgIpc) is 2.98. The molecule has 1 N–H and O–H groups in total. The highest BCUT2D eigenvalue weighted by molar-refractivity contribution is 6.07. The Kier molecular flexibility index (Phi) is 6.68. The SMILES string of the molecule is CC(C)C(=O)Nc1ccc(C(=O)C(C)OC(=O)CN2C(=O)C3CC=CCC3C2=O)cc1. The van der Waals surface area contributed by atoms with Crippen LogP contribution in [0, 0.1) is 17.8 Å². The number of ketones is 1. The number of ether oxygens (including phenoxy) is 1. The zero-order chi connectivity index (χ0) is 22.7. The highest BCUT2D eigenvalue weighted by atomic mass is 16.5. The molecule has 3 amide bonds. The molecule has 1 heterocycles. The van der Waals surface area contributed by atoms with Gasteiger partial charge < -0.3 is 10.1 Å². The maximum Gasteiger partial charge on any atom is 0.326 e. The van der Waals surface area contributed by atoms with Crippen molar-refractivity contribution >= 4 is 35.2 Å². The second-order valence-corrected chi connectivity index (χ2v) is 8.14. The molecule has 1 saturated heterocycles. The van der Waals surface area contributed by atoms with Gasteiger partial charge in [-0.1, -0.05) is 26.0 Å². The fourth-order valence-corrected chi connectivity index (χ4v) is 3.68. The summed E-state index contributed by atoms with van der Waals surface area (Å²) in [5, 5.41) is 2.73. The summed E-state index contributed by atoms with van der Waals surface area (Å²) in [5.41, 5.74) is 0.871. The first-order valence-electron chi connectivity index (χ1n) is 10.3. The molecule has 0 aromatic heterocycles. The molecule has 1 aliphatic carbocycles. The van der Waals surface area contributed by atoms with E-state index in [2.05, 4.69) is 5.32 Å². The van der Waals surface area contributed by atoms with E-state index in [4.69, 9.17) is 4.74 Å². The van der Waals surface area contributed by atoms with Gasteiger partial charge in [-0.25, -0.2) is 0 Å². The van der Waals surface area contributed by atoms with Gasteiger partial charge in [-0.2, -0.15) is 0 Å². The van der Waals surface area contributed by atoms with Crippen molar-refractivity contribution in [2.75, 3.05) is 11.9 Å². The number of anilines is 1. The summed E-state index contributed by atoms with van der Waals surface area (Å²) in [6, 6.07) is 6.26. The first-order valence-corrected chi connectivity index (χ1v) is 10.3. The van der Waals surface area contributed by atoms with E-state index in [0.29, 0.717) is 24.1 Å². The van der Waals surface area contributed by atoms with Crippen molar-refractivity contribution in [1.29, 1.82) is 0 Å². The minimum absolute atomic E-state index is 0.136. The topological polar surface area (TPSA) is 110 Å². The Morgan fingerprint density at radius 3 is 2.06 bits per heavy atom. The Balaban J connectivity index is 1.56. The largest absolute Gasteiger partial charge is 0.453 e. The highest BCUT2D eigenvalue weighted by Crippen LogP contribution is 2.34. The fourth-order valence-electron chi connectivity index (χ4n) is 3.68. The Hall–Kier alpha value is -3.29. The van der Waals surface area contributed by atoms with Gasteiger partial charge >= 0.3 is 5.97 Å². The smallest absolute Gasteiger partial charge is 0.326 e. The van der Waals surface area contributed by atoms with Crippen molar-refractivity contribution < 1.29 is 28.7 Å². The van der Waals surface area contributed by atoms with Crippen LogP contribution in [0.2, 0.25) is 0 Å². The molecule has 1 aromatic carbocycles. The lowest BCUT2D eigenvalue weighted by atomic mass is 9.85. The molecule has 1 aliphatic heterocycles. The van der Waals surface area contributed by atoms with Crippen LogP contribution in [0.5, 0.6) is 0 Å². The van der Waals surface area contributed by atoms with E-state index >= 15 is 0 Å². The number of Topliss-reactive ketones (excluding diaryl/α,β-unsaturated/α-hetero) is 1. The summed E-state index contributed by atoms with van der Waals surface area (Å²) in [4.78, 5) is 62.4. The van der Waals surface area contributed by atoms with E-state index in [9.17, 15) is 24.0 Å². The quantitative estimate of drug-likeness (QED) is 0.310. The summed E-state index contributed by atoms with van der Waals surface area (Å²) >= 11 is 0. The Bertz CT molecular complexity index is 908. The third-order valence-electron chi connectivity index (χ3n) is 5.52. The number of nitrogens with one attached hydrogen (secondary N) is 1. The van der Waals surface area contributed by atoms with Crippen LogP contribution in [0.25, 0.3) is 0 Å². The molecular weight excluding hydrogens is 400 g/mol. The minimum Gasteiger partial charge on any atom is -0.453 e. The number of fused-ring (bicyclic) bond motifs is 1. The maximum absolute atomic E-state index is 12.6. The van der Waals surface area contributed by atoms with Gasteiger partial charge in [0.2, 0.25) is 23.5 Å². The molecule has 31 heavy (non-hydrogen) atoms. The lowest BCUT2D eigenvalue weighted by Crippen LogP contribution is -2.38. The lowest BCUT2D eigenvalue weighted by Gasteiger charge is -2.17. The molecule has 2 aliphatic rings. The number of hydrogen-bond donors (Lipinski definition) is 1. The van der Waals surface area contributed by atoms with Crippen molar-refractivity contribution in [3.8, 4) is 0 Å². The summed E-state index contributed by atoms with van der Waals surface area (Å²) < 4.78 is 5.18. The van der Waals surface area contributed by atoms with E-state index in [1.54, 1.807) is 26.0 Å². The number of rotatable bonds is 7. The van der Waals surface area contributed by atoms with E-state index < -0.39 is 36.2 Å². The number of amides is 3. The molecule has 0 bridgehead atoms. The summed E-state index contributed by atoms with van der Waals surface area (Å²) in [6.45, 7) is 4.49. The number of allylic oxidation sites excluding steroid dienone is 2. The first kappa shape index (κ1) is 22.4. The van der Waals surface area contributed by atoms with Gasteiger partial charge in [-0.15, -0.1) is 0 Å². The minimum atomic E-state index is -1.08. The maximum atomic E-state index is 12.6. The number of benzene rings is 1. The predicted molar refractivity (Wildman–Crippen MR) is 112 cm³/mol. The van der Waals surface area contributed by atoms with E-state index in [0.717, 1.165) is 4.90 Å². The molecular formula is C23H26N2O6. The van der Waals surface area contributed by atoms with E-state index in [1.165, 1.54) is 19.1 Å². The molecule has 3 atom stereocenters. The van der Waals surface area contributed by atoms with Crippen LogP contribution in [0.1, 0.15) is 44.0 Å². The van der Waals surface area contributed by atoms with Crippen LogP contribution < -0.4 is 5.32 Å². The number of carbonyl (C=O) groups excluding carboxylic acids is 5. The second kappa shape index (κ2) is 9.24. The number of likely N-dealkylation sites (tertiary alicyclic amines) is 1. The summed E-state index contributed by atoms with van der Waals surface area (Å²) in [7, 11) is 0. The molecule has 8 heteroatoms. The monoisotopic (exact) mass is 426 g/mol. The van der Waals surface area contributed by atoms with Crippen LogP contribution in [0.3, 0.4) is 0 Å². The lowest BCUT2D eigenvalue weighted by molar-refractivity contribution is -0.154. The molecule has 0 saturated carbocycles. The zero-order valence-corrected chi connectivity index (χ0v) is 17.8. The van der Waals surface area contributed by atoms with Gasteiger partial charge in [-0.05, 0) is 44.0 Å². The molecule has 1 fully saturated rings. The zero-order valence-electron chi connectivity index (χ0n) is 17.8. The number of esters is 1. The summed E-state index contributed by atoms with van der Waals surface area (Å²) in [5.74, 6) is -3.11. The molecule has 3 rings (SSSR count). The molecule has 1 aromatic rings. The van der Waals surface area contributed by atoms with Gasteiger partial charge in [0.15, 0.2) is 6.10 Å². The van der Waals surface area contributed by atoms with Gasteiger partial charge in [-0.3, -0.25) is 28.9 Å². The Morgan fingerprint density at radius 2 is 1.55 bits per heavy atom. The standard InChI is InChI=1S/C23H26N2O6/c1-13(2)21(28)24-16-10-8-15(9-11-16)20(27)14(3)31-19(26)12-25-22(29)17-6-4-5-7-18(17)23(25)30/h4-5,8-11,13-14,17-18H,6-7,12H2,1-3H3,(H,24,28).